The highest BCUT2D eigenvalue weighted by molar-refractivity contribution is 8.02. The first-order valence-corrected chi connectivity index (χ1v) is 9.24. The summed E-state index contributed by atoms with van der Waals surface area (Å²) in [6.07, 6.45) is 5.78. The van der Waals surface area contributed by atoms with Crippen molar-refractivity contribution in [2.45, 2.75) is 5.50 Å². The molecule has 2 N–H and O–H groups in total. The van der Waals surface area contributed by atoms with Crippen LogP contribution >= 0.6 is 23.5 Å². The molecule has 2 aromatic rings. The number of hydrogen-bond donors (Lipinski definition) is 1. The summed E-state index contributed by atoms with van der Waals surface area (Å²) in [7, 11) is 0. The standard InChI is InChI=1S/C14H12N2S.C4H5NS/c15-14-16-13(8-9-17-14)12-7-3-5-10-4-1-2-6-11(10)12;1-2-5-4-6-3-1/h1-9,14H,15H2;1-3H,4H2. The average molecular weight is 339 g/mol. The van der Waals surface area contributed by atoms with Crippen molar-refractivity contribution in [2.75, 3.05) is 5.88 Å². The lowest BCUT2D eigenvalue weighted by Crippen LogP contribution is -2.17. The van der Waals surface area contributed by atoms with Gasteiger partial charge in [0.1, 0.15) is 5.50 Å². The fourth-order valence-electron chi connectivity index (χ4n) is 2.28. The Bertz CT molecular complexity index is 776. The van der Waals surface area contributed by atoms with Crippen molar-refractivity contribution in [1.29, 1.82) is 0 Å². The van der Waals surface area contributed by atoms with E-state index in [9.17, 15) is 0 Å². The normalized spacial score (nSPS) is 19.2. The molecule has 0 saturated carbocycles. The summed E-state index contributed by atoms with van der Waals surface area (Å²) in [6.45, 7) is 0. The van der Waals surface area contributed by atoms with E-state index >= 15 is 0 Å². The van der Waals surface area contributed by atoms with Crippen molar-refractivity contribution in [3.05, 3.63) is 71.0 Å². The van der Waals surface area contributed by atoms with Gasteiger partial charge >= 0.3 is 0 Å². The van der Waals surface area contributed by atoms with Crippen LogP contribution in [0, 0.1) is 0 Å². The molecule has 116 valence electrons. The molecule has 0 saturated heterocycles. The van der Waals surface area contributed by atoms with E-state index in [0.29, 0.717) is 0 Å². The lowest BCUT2D eigenvalue weighted by atomic mass is 10.0. The highest BCUT2D eigenvalue weighted by atomic mass is 32.2. The first-order valence-electron chi connectivity index (χ1n) is 7.25. The zero-order chi connectivity index (χ0) is 15.9. The number of allylic oxidation sites excluding steroid dienone is 2. The second kappa shape index (κ2) is 8.15. The van der Waals surface area contributed by atoms with E-state index in [1.807, 2.05) is 41.3 Å². The van der Waals surface area contributed by atoms with E-state index in [4.69, 9.17) is 5.73 Å². The van der Waals surface area contributed by atoms with Crippen LogP contribution in [0.4, 0.5) is 0 Å². The van der Waals surface area contributed by atoms with Gasteiger partial charge in [0.05, 0.1) is 11.6 Å². The second-order valence-electron chi connectivity index (χ2n) is 4.83. The Balaban J connectivity index is 0.000000220. The lowest BCUT2D eigenvalue weighted by molar-refractivity contribution is 0.991. The number of fused-ring (bicyclic) bond motifs is 1. The van der Waals surface area contributed by atoms with Crippen LogP contribution in [0.5, 0.6) is 0 Å². The molecular weight excluding hydrogens is 322 g/mol. The average Bonchev–Trinajstić information content (AvgIpc) is 2.63. The van der Waals surface area contributed by atoms with Gasteiger partial charge in [-0.1, -0.05) is 54.2 Å². The number of nitrogens with zero attached hydrogens (tertiary/aromatic N) is 2. The third kappa shape index (κ3) is 4.34. The van der Waals surface area contributed by atoms with Gasteiger partial charge in [-0.25, -0.2) is 0 Å². The first-order chi connectivity index (χ1) is 11.3. The lowest BCUT2D eigenvalue weighted by Gasteiger charge is -2.13. The molecular formula is C18H17N3S2. The highest BCUT2D eigenvalue weighted by Gasteiger charge is 2.10. The fraction of sp³-hybridized carbons (Fsp3) is 0.111. The van der Waals surface area contributed by atoms with Crippen LogP contribution in [0.25, 0.3) is 10.8 Å². The minimum absolute atomic E-state index is 0.186. The summed E-state index contributed by atoms with van der Waals surface area (Å²) < 4.78 is 0. The maximum Gasteiger partial charge on any atom is 0.149 e. The molecule has 0 fully saturated rings. The monoisotopic (exact) mass is 339 g/mol. The Hall–Kier alpha value is -1.82. The van der Waals surface area contributed by atoms with Gasteiger partial charge in [0.2, 0.25) is 0 Å². The summed E-state index contributed by atoms with van der Waals surface area (Å²) in [4.78, 5) is 8.40. The molecule has 1 unspecified atom stereocenters. The van der Waals surface area contributed by atoms with Crippen LogP contribution in [0.15, 0.2) is 75.4 Å². The number of nitrogens with two attached hydrogens (primary N) is 1. The van der Waals surface area contributed by atoms with Crippen LogP contribution < -0.4 is 5.73 Å². The van der Waals surface area contributed by atoms with Gasteiger partial charge in [-0.05, 0) is 33.7 Å². The summed E-state index contributed by atoms with van der Waals surface area (Å²) in [5.41, 5.74) is 7.76. The molecule has 0 aromatic heterocycles. The zero-order valence-electron chi connectivity index (χ0n) is 12.5. The predicted molar refractivity (Wildman–Crippen MR) is 105 cm³/mol. The van der Waals surface area contributed by atoms with Gasteiger partial charge in [-0.15, -0.1) is 11.8 Å². The Morgan fingerprint density at radius 1 is 1.04 bits per heavy atom. The van der Waals surface area contributed by atoms with Gasteiger partial charge in [-0.2, -0.15) is 0 Å². The Labute approximate surface area is 144 Å². The molecule has 2 aromatic carbocycles. The second-order valence-corrected chi connectivity index (χ2v) is 6.72. The van der Waals surface area contributed by atoms with E-state index in [-0.39, 0.29) is 5.50 Å². The number of rotatable bonds is 1. The van der Waals surface area contributed by atoms with Crippen LogP contribution in [-0.2, 0) is 0 Å². The molecule has 2 aliphatic rings. The molecule has 0 bridgehead atoms. The molecule has 3 nitrogen and oxygen atoms in total. The third-order valence-electron chi connectivity index (χ3n) is 3.29. The highest BCUT2D eigenvalue weighted by Crippen LogP contribution is 2.23. The van der Waals surface area contributed by atoms with Crippen molar-refractivity contribution in [1.82, 2.24) is 0 Å². The van der Waals surface area contributed by atoms with Gasteiger partial charge in [0, 0.05) is 11.8 Å². The van der Waals surface area contributed by atoms with Crippen LogP contribution in [0.3, 0.4) is 0 Å². The summed E-state index contributed by atoms with van der Waals surface area (Å²) in [6, 6.07) is 14.6. The number of benzene rings is 2. The van der Waals surface area contributed by atoms with Crippen molar-refractivity contribution in [2.24, 2.45) is 15.7 Å². The first kappa shape index (κ1) is 16.1. The van der Waals surface area contributed by atoms with Gasteiger partial charge in [-0.3, -0.25) is 9.98 Å². The van der Waals surface area contributed by atoms with Crippen molar-refractivity contribution in [3.63, 3.8) is 0 Å². The van der Waals surface area contributed by atoms with E-state index in [1.165, 1.54) is 22.5 Å². The molecule has 23 heavy (non-hydrogen) atoms. The summed E-state index contributed by atoms with van der Waals surface area (Å²) >= 11 is 3.25. The maximum absolute atomic E-state index is 5.83. The number of aliphatic imine (C=N–C) groups is 2. The van der Waals surface area contributed by atoms with E-state index in [2.05, 4.69) is 40.3 Å². The van der Waals surface area contributed by atoms with Crippen molar-refractivity contribution < 1.29 is 0 Å². The predicted octanol–water partition coefficient (Wildman–Crippen LogP) is 4.41. The quantitative estimate of drug-likeness (QED) is 0.837. The molecule has 2 aliphatic heterocycles. The molecule has 0 aliphatic carbocycles. The summed E-state index contributed by atoms with van der Waals surface area (Å²) in [5, 5.41) is 6.49. The van der Waals surface area contributed by atoms with E-state index in [1.54, 1.807) is 11.8 Å². The van der Waals surface area contributed by atoms with Crippen LogP contribution in [0.2, 0.25) is 0 Å². The topological polar surface area (TPSA) is 50.7 Å². The van der Waals surface area contributed by atoms with Gasteiger partial charge < -0.3 is 5.73 Å². The molecule has 0 amide bonds. The summed E-state index contributed by atoms with van der Waals surface area (Å²) in [5.74, 6) is 0.899. The van der Waals surface area contributed by atoms with E-state index in [0.717, 1.165) is 17.2 Å². The third-order valence-corrected chi connectivity index (χ3v) is 4.62. The Morgan fingerprint density at radius 2 is 1.91 bits per heavy atom. The van der Waals surface area contributed by atoms with Gasteiger partial charge in [0.15, 0.2) is 0 Å². The zero-order valence-corrected chi connectivity index (χ0v) is 14.1. The van der Waals surface area contributed by atoms with Crippen LogP contribution in [-0.4, -0.2) is 23.3 Å². The molecule has 0 spiro atoms. The molecule has 2 heterocycles. The fourth-order valence-corrected chi connectivity index (χ4v) is 3.27. The smallest absolute Gasteiger partial charge is 0.149 e. The maximum atomic E-state index is 5.83. The minimum atomic E-state index is -0.186. The van der Waals surface area contributed by atoms with E-state index < -0.39 is 0 Å². The van der Waals surface area contributed by atoms with Crippen LogP contribution in [0.1, 0.15) is 5.56 Å². The largest absolute Gasteiger partial charge is 0.301 e. The van der Waals surface area contributed by atoms with Crippen molar-refractivity contribution in [3.8, 4) is 0 Å². The molecule has 1 atom stereocenters. The minimum Gasteiger partial charge on any atom is -0.301 e. The molecule has 4 rings (SSSR count). The number of hydrogen-bond acceptors (Lipinski definition) is 5. The molecule has 0 radical (unpaired) electrons. The SMILES string of the molecule is C1=CSCN=C1.NC1N=C(c2cccc3ccccc23)C=CS1. The Kier molecular flexibility index (Phi) is 5.69. The Morgan fingerprint density at radius 3 is 2.61 bits per heavy atom. The van der Waals surface area contributed by atoms with Crippen molar-refractivity contribution >= 4 is 46.2 Å². The molecule has 5 heteroatoms. The number of thioether (sulfide) groups is 2. The van der Waals surface area contributed by atoms with Gasteiger partial charge in [0.25, 0.3) is 0 Å².